The Kier molecular flexibility index (Phi) is 5.73. The Hall–Kier alpha value is -0.650. The lowest BCUT2D eigenvalue weighted by Crippen LogP contribution is -2.40. The fraction of sp³-hybridized carbons (Fsp3) is 0.909. The zero-order chi connectivity index (χ0) is 11.9. The van der Waals surface area contributed by atoms with Crippen LogP contribution in [0.15, 0.2) is 0 Å². The summed E-state index contributed by atoms with van der Waals surface area (Å²) in [6.07, 6.45) is 1.69. The Labute approximate surface area is 96.6 Å². The second-order valence-electron chi connectivity index (χ2n) is 4.43. The lowest BCUT2D eigenvalue weighted by Gasteiger charge is -2.21. The molecular formula is C11H22N2O3. The predicted molar refractivity (Wildman–Crippen MR) is 61.1 cm³/mol. The highest BCUT2D eigenvalue weighted by atomic mass is 16.5. The Balaban J connectivity index is 2.06. The maximum atomic E-state index is 11.8. The van der Waals surface area contributed by atoms with Gasteiger partial charge in [-0.15, -0.1) is 0 Å². The Morgan fingerprint density at radius 3 is 3.00 bits per heavy atom. The van der Waals surface area contributed by atoms with E-state index in [0.717, 1.165) is 25.9 Å². The van der Waals surface area contributed by atoms with Crippen LogP contribution in [0, 0.1) is 5.41 Å². The second-order valence-corrected chi connectivity index (χ2v) is 4.43. The minimum absolute atomic E-state index is 0.0517. The average Bonchev–Trinajstić information content (AvgIpc) is 2.71. The van der Waals surface area contributed by atoms with Crippen LogP contribution in [0.5, 0.6) is 0 Å². The minimum atomic E-state index is -0.244. The molecule has 0 saturated carbocycles. The molecule has 94 valence electrons. The molecule has 1 heterocycles. The molecular weight excluding hydrogens is 208 g/mol. The van der Waals surface area contributed by atoms with Crippen LogP contribution in [0.3, 0.4) is 0 Å². The molecule has 0 aromatic rings. The zero-order valence-electron chi connectivity index (χ0n) is 9.92. The topological polar surface area (TPSA) is 70.6 Å². The third-order valence-corrected chi connectivity index (χ3v) is 2.90. The monoisotopic (exact) mass is 230 g/mol. The molecule has 1 aliphatic heterocycles. The predicted octanol–water partition coefficient (Wildman–Crippen LogP) is -0.499. The number of amides is 1. The summed E-state index contributed by atoms with van der Waals surface area (Å²) in [6.45, 7) is 5.31. The van der Waals surface area contributed by atoms with Crippen molar-refractivity contribution in [3.63, 3.8) is 0 Å². The second kappa shape index (κ2) is 6.83. The summed E-state index contributed by atoms with van der Waals surface area (Å²) < 4.78 is 5.10. The summed E-state index contributed by atoms with van der Waals surface area (Å²) in [5.74, 6) is 0.125. The number of ether oxygens (including phenoxy) is 1. The van der Waals surface area contributed by atoms with Gasteiger partial charge in [-0.1, -0.05) is 0 Å². The molecule has 0 aromatic carbocycles. The van der Waals surface area contributed by atoms with E-state index in [0.29, 0.717) is 19.8 Å². The number of carbonyl (C=O) groups is 1. The molecule has 1 aliphatic rings. The van der Waals surface area contributed by atoms with Crippen LogP contribution < -0.4 is 10.6 Å². The molecule has 0 bridgehead atoms. The minimum Gasteiger partial charge on any atom is -0.394 e. The quantitative estimate of drug-likeness (QED) is 0.516. The molecule has 1 fully saturated rings. The van der Waals surface area contributed by atoms with Gasteiger partial charge in [-0.25, -0.2) is 0 Å². The molecule has 5 nitrogen and oxygen atoms in total. The molecule has 0 spiro atoms. The van der Waals surface area contributed by atoms with Gasteiger partial charge in [-0.3, -0.25) is 4.79 Å². The van der Waals surface area contributed by atoms with Crippen LogP contribution in [-0.4, -0.2) is 50.5 Å². The summed E-state index contributed by atoms with van der Waals surface area (Å²) >= 11 is 0. The van der Waals surface area contributed by atoms with Gasteiger partial charge in [-0.2, -0.15) is 0 Å². The Bertz CT molecular complexity index is 215. The van der Waals surface area contributed by atoms with E-state index in [-0.39, 0.29) is 17.9 Å². The van der Waals surface area contributed by atoms with Crippen molar-refractivity contribution < 1.29 is 14.6 Å². The van der Waals surface area contributed by atoms with Crippen molar-refractivity contribution in [2.75, 3.05) is 39.5 Å². The smallest absolute Gasteiger partial charge is 0.227 e. The van der Waals surface area contributed by atoms with Gasteiger partial charge in [0, 0.05) is 19.7 Å². The Morgan fingerprint density at radius 2 is 2.38 bits per heavy atom. The van der Waals surface area contributed by atoms with E-state index in [9.17, 15) is 4.79 Å². The number of nitrogens with one attached hydrogen (secondary N) is 2. The summed E-state index contributed by atoms with van der Waals surface area (Å²) in [6, 6.07) is 0. The first-order valence-corrected chi connectivity index (χ1v) is 5.87. The molecule has 1 atom stereocenters. The van der Waals surface area contributed by atoms with Crippen molar-refractivity contribution in [2.45, 2.75) is 19.8 Å². The first kappa shape index (κ1) is 13.4. The molecule has 3 N–H and O–H groups in total. The maximum Gasteiger partial charge on any atom is 0.227 e. The highest BCUT2D eigenvalue weighted by molar-refractivity contribution is 5.82. The van der Waals surface area contributed by atoms with Gasteiger partial charge in [-0.05, 0) is 26.3 Å². The van der Waals surface area contributed by atoms with Crippen LogP contribution in [0.1, 0.15) is 19.8 Å². The van der Waals surface area contributed by atoms with Gasteiger partial charge >= 0.3 is 0 Å². The van der Waals surface area contributed by atoms with Gasteiger partial charge < -0.3 is 20.5 Å². The molecule has 5 heteroatoms. The lowest BCUT2D eigenvalue weighted by atomic mass is 9.89. The molecule has 0 aromatic heterocycles. The standard InChI is InChI=1S/C11H22N2O3/c1-11(3-5-12-9-11)10(15)13-4-2-7-16-8-6-14/h12,14H,2-9H2,1H3,(H,13,15). The number of carbonyl (C=O) groups excluding carboxylic acids is 1. The molecule has 0 radical (unpaired) electrons. The van der Waals surface area contributed by atoms with Gasteiger partial charge in [0.15, 0.2) is 0 Å². The Morgan fingerprint density at radius 1 is 1.56 bits per heavy atom. The van der Waals surface area contributed by atoms with Crippen LogP contribution >= 0.6 is 0 Å². The number of aliphatic hydroxyl groups excluding tert-OH is 1. The van der Waals surface area contributed by atoms with Crippen LogP contribution in [0.4, 0.5) is 0 Å². The SMILES string of the molecule is CC1(C(=O)NCCCOCCO)CCNC1. The van der Waals surface area contributed by atoms with E-state index >= 15 is 0 Å². The van der Waals surface area contributed by atoms with Crippen molar-refractivity contribution in [2.24, 2.45) is 5.41 Å². The first-order valence-electron chi connectivity index (χ1n) is 5.87. The largest absolute Gasteiger partial charge is 0.394 e. The fourth-order valence-corrected chi connectivity index (χ4v) is 1.77. The number of aliphatic hydroxyl groups is 1. The highest BCUT2D eigenvalue weighted by Gasteiger charge is 2.35. The van der Waals surface area contributed by atoms with E-state index in [4.69, 9.17) is 9.84 Å². The van der Waals surface area contributed by atoms with E-state index in [1.807, 2.05) is 6.92 Å². The van der Waals surface area contributed by atoms with Crippen LogP contribution in [0.2, 0.25) is 0 Å². The number of rotatable bonds is 7. The van der Waals surface area contributed by atoms with Crippen molar-refractivity contribution in [3.8, 4) is 0 Å². The van der Waals surface area contributed by atoms with Gasteiger partial charge in [0.2, 0.25) is 5.91 Å². The summed E-state index contributed by atoms with van der Waals surface area (Å²) in [5, 5.41) is 14.6. The van der Waals surface area contributed by atoms with Crippen molar-refractivity contribution in [1.82, 2.24) is 10.6 Å². The fourth-order valence-electron chi connectivity index (χ4n) is 1.77. The molecule has 1 amide bonds. The summed E-state index contributed by atoms with van der Waals surface area (Å²) in [4.78, 5) is 11.8. The number of hydrogen-bond acceptors (Lipinski definition) is 4. The molecule has 1 rings (SSSR count). The normalized spacial score (nSPS) is 24.6. The summed E-state index contributed by atoms with van der Waals surface area (Å²) in [7, 11) is 0. The van der Waals surface area contributed by atoms with E-state index in [2.05, 4.69) is 10.6 Å². The van der Waals surface area contributed by atoms with Crippen molar-refractivity contribution >= 4 is 5.91 Å². The summed E-state index contributed by atoms with van der Waals surface area (Å²) in [5.41, 5.74) is -0.244. The molecule has 1 unspecified atom stereocenters. The van der Waals surface area contributed by atoms with Crippen molar-refractivity contribution in [1.29, 1.82) is 0 Å². The van der Waals surface area contributed by atoms with E-state index in [1.54, 1.807) is 0 Å². The van der Waals surface area contributed by atoms with Crippen LogP contribution in [-0.2, 0) is 9.53 Å². The van der Waals surface area contributed by atoms with Gasteiger partial charge in [0.25, 0.3) is 0 Å². The first-order chi connectivity index (χ1) is 7.69. The third-order valence-electron chi connectivity index (χ3n) is 2.90. The average molecular weight is 230 g/mol. The lowest BCUT2D eigenvalue weighted by molar-refractivity contribution is -0.129. The zero-order valence-corrected chi connectivity index (χ0v) is 9.92. The molecule has 1 saturated heterocycles. The highest BCUT2D eigenvalue weighted by Crippen LogP contribution is 2.24. The molecule has 16 heavy (non-hydrogen) atoms. The van der Waals surface area contributed by atoms with Gasteiger partial charge in [0.05, 0.1) is 18.6 Å². The number of hydrogen-bond donors (Lipinski definition) is 3. The third kappa shape index (κ3) is 4.08. The maximum absolute atomic E-state index is 11.8. The van der Waals surface area contributed by atoms with Gasteiger partial charge in [0.1, 0.15) is 0 Å². The van der Waals surface area contributed by atoms with E-state index in [1.165, 1.54) is 0 Å². The van der Waals surface area contributed by atoms with Crippen molar-refractivity contribution in [3.05, 3.63) is 0 Å². The van der Waals surface area contributed by atoms with Crippen LogP contribution in [0.25, 0.3) is 0 Å². The molecule has 0 aliphatic carbocycles. The van der Waals surface area contributed by atoms with E-state index < -0.39 is 0 Å².